The van der Waals surface area contributed by atoms with Crippen molar-refractivity contribution in [1.29, 1.82) is 0 Å². The Morgan fingerprint density at radius 2 is 1.84 bits per heavy atom. The number of carbonyl (C=O) groups is 3. The van der Waals surface area contributed by atoms with E-state index in [4.69, 9.17) is 14.2 Å². The Kier molecular flexibility index (Phi) is 5.66. The zero-order chi connectivity index (χ0) is 18.7. The molecule has 1 saturated heterocycles. The second-order valence-electron chi connectivity index (χ2n) is 6.17. The molecule has 1 aliphatic rings. The minimum Gasteiger partial charge on any atom is -0.462 e. The molecule has 7 heteroatoms. The molecule has 0 aromatic heterocycles. The first-order chi connectivity index (χ1) is 11.7. The fraction of sp³-hybridized carbons (Fsp3) is 0.500. The maximum atomic E-state index is 12.2. The minimum absolute atomic E-state index is 0.330. The smallest absolute Gasteiger partial charge is 0.410 e. The number of nitrogens with zero attached hydrogens (tertiary/aromatic N) is 1. The summed E-state index contributed by atoms with van der Waals surface area (Å²) in [6, 6.07) is 6.53. The molecule has 1 heterocycles. The highest BCUT2D eigenvalue weighted by molar-refractivity contribution is 5.72. The van der Waals surface area contributed by atoms with E-state index < -0.39 is 36.3 Å². The molecule has 1 aliphatic heterocycles. The Bertz CT molecular complexity index is 673. The van der Waals surface area contributed by atoms with Crippen molar-refractivity contribution in [3.63, 3.8) is 0 Å². The van der Waals surface area contributed by atoms with E-state index in [1.807, 2.05) is 0 Å². The standard InChI is InChI=1S/C18H23NO6/c1-10(23-12(3)20)16-11(2)24-18(22)19(5)17(16)14-8-6-7-9-15(14)25-13(4)21/h6-11,16-17H,1-5H3. The summed E-state index contributed by atoms with van der Waals surface area (Å²) in [4.78, 5) is 36.5. The number of carbonyl (C=O) groups excluding carboxylic acids is 3. The van der Waals surface area contributed by atoms with Crippen LogP contribution in [-0.4, -0.2) is 42.2 Å². The van der Waals surface area contributed by atoms with Crippen LogP contribution in [-0.2, 0) is 19.1 Å². The van der Waals surface area contributed by atoms with Crippen LogP contribution in [0.4, 0.5) is 4.79 Å². The third-order valence-corrected chi connectivity index (χ3v) is 4.28. The van der Waals surface area contributed by atoms with Gasteiger partial charge in [0.05, 0.1) is 12.0 Å². The van der Waals surface area contributed by atoms with Crippen molar-refractivity contribution < 1.29 is 28.6 Å². The Morgan fingerprint density at radius 1 is 1.20 bits per heavy atom. The monoisotopic (exact) mass is 349 g/mol. The molecule has 1 aromatic rings. The first-order valence-corrected chi connectivity index (χ1v) is 8.10. The molecular formula is C18H23NO6. The maximum absolute atomic E-state index is 12.2. The van der Waals surface area contributed by atoms with Crippen LogP contribution >= 0.6 is 0 Å². The van der Waals surface area contributed by atoms with E-state index >= 15 is 0 Å². The number of hydrogen-bond acceptors (Lipinski definition) is 6. The Morgan fingerprint density at radius 3 is 2.44 bits per heavy atom. The highest BCUT2D eigenvalue weighted by Crippen LogP contribution is 2.42. The molecule has 0 spiro atoms. The van der Waals surface area contributed by atoms with Crippen LogP contribution in [0.2, 0.25) is 0 Å². The lowest BCUT2D eigenvalue weighted by Crippen LogP contribution is -2.51. The van der Waals surface area contributed by atoms with E-state index in [1.54, 1.807) is 45.2 Å². The number of para-hydroxylation sites is 1. The fourth-order valence-electron chi connectivity index (χ4n) is 3.32. The zero-order valence-electron chi connectivity index (χ0n) is 15.0. The third kappa shape index (κ3) is 4.10. The third-order valence-electron chi connectivity index (χ3n) is 4.28. The van der Waals surface area contributed by atoms with E-state index in [9.17, 15) is 14.4 Å². The topological polar surface area (TPSA) is 82.1 Å². The highest BCUT2D eigenvalue weighted by Gasteiger charge is 2.45. The number of rotatable bonds is 4. The van der Waals surface area contributed by atoms with E-state index in [0.717, 1.165) is 0 Å². The summed E-state index contributed by atoms with van der Waals surface area (Å²) in [5.41, 5.74) is 0.660. The van der Waals surface area contributed by atoms with Crippen molar-refractivity contribution in [2.24, 2.45) is 5.92 Å². The largest absolute Gasteiger partial charge is 0.462 e. The Labute approximate surface area is 146 Å². The van der Waals surface area contributed by atoms with Crippen LogP contribution in [0.3, 0.4) is 0 Å². The predicted octanol–water partition coefficient (Wildman–Crippen LogP) is 2.69. The van der Waals surface area contributed by atoms with Crippen LogP contribution in [0.25, 0.3) is 0 Å². The molecule has 0 N–H and O–H groups in total. The van der Waals surface area contributed by atoms with Gasteiger partial charge in [-0.15, -0.1) is 0 Å². The molecule has 25 heavy (non-hydrogen) atoms. The van der Waals surface area contributed by atoms with Crippen molar-refractivity contribution >= 4 is 18.0 Å². The van der Waals surface area contributed by atoms with Crippen LogP contribution < -0.4 is 4.74 Å². The number of esters is 2. The van der Waals surface area contributed by atoms with Gasteiger partial charge in [0.25, 0.3) is 0 Å². The zero-order valence-corrected chi connectivity index (χ0v) is 15.0. The molecule has 136 valence electrons. The van der Waals surface area contributed by atoms with Crippen molar-refractivity contribution in [1.82, 2.24) is 4.90 Å². The lowest BCUT2D eigenvalue weighted by Gasteiger charge is -2.44. The second kappa shape index (κ2) is 7.55. The average Bonchev–Trinajstić information content (AvgIpc) is 2.50. The molecule has 4 unspecified atom stereocenters. The highest BCUT2D eigenvalue weighted by atomic mass is 16.6. The second-order valence-corrected chi connectivity index (χ2v) is 6.17. The van der Waals surface area contributed by atoms with E-state index in [2.05, 4.69) is 0 Å². The lowest BCUT2D eigenvalue weighted by atomic mass is 9.83. The van der Waals surface area contributed by atoms with Gasteiger partial charge < -0.3 is 19.1 Å². The van der Waals surface area contributed by atoms with Crippen molar-refractivity contribution in [2.45, 2.75) is 45.9 Å². The molecule has 7 nitrogen and oxygen atoms in total. The Balaban J connectivity index is 2.49. The van der Waals surface area contributed by atoms with E-state index in [1.165, 1.54) is 18.7 Å². The van der Waals surface area contributed by atoms with Gasteiger partial charge in [-0.3, -0.25) is 9.59 Å². The first kappa shape index (κ1) is 18.8. The molecular weight excluding hydrogens is 326 g/mol. The molecule has 2 rings (SSSR count). The van der Waals surface area contributed by atoms with Gasteiger partial charge in [0.1, 0.15) is 18.0 Å². The fourth-order valence-corrected chi connectivity index (χ4v) is 3.32. The molecule has 1 fully saturated rings. The van der Waals surface area contributed by atoms with Crippen molar-refractivity contribution in [2.75, 3.05) is 7.05 Å². The van der Waals surface area contributed by atoms with Crippen LogP contribution in [0.5, 0.6) is 5.75 Å². The van der Waals surface area contributed by atoms with Gasteiger partial charge in [-0.1, -0.05) is 18.2 Å². The first-order valence-electron chi connectivity index (χ1n) is 8.10. The predicted molar refractivity (Wildman–Crippen MR) is 88.9 cm³/mol. The summed E-state index contributed by atoms with van der Waals surface area (Å²) >= 11 is 0. The van der Waals surface area contributed by atoms with Crippen LogP contribution in [0, 0.1) is 5.92 Å². The summed E-state index contributed by atoms with van der Waals surface area (Å²) in [6.45, 7) is 6.17. The normalized spacial score (nSPS) is 24.3. The average molecular weight is 349 g/mol. The van der Waals surface area contributed by atoms with Gasteiger partial charge in [0, 0.05) is 26.5 Å². The minimum atomic E-state index is -0.501. The number of hydrogen-bond donors (Lipinski definition) is 0. The SMILES string of the molecule is CC(=O)Oc1ccccc1C1C(C(C)OC(C)=O)C(C)OC(=O)N1C. The molecule has 0 bridgehead atoms. The van der Waals surface area contributed by atoms with Crippen molar-refractivity contribution in [3.05, 3.63) is 29.8 Å². The summed E-state index contributed by atoms with van der Waals surface area (Å²) in [6.07, 6.45) is -1.46. The molecule has 1 amide bonds. The van der Waals surface area contributed by atoms with Crippen LogP contribution in [0.1, 0.15) is 39.3 Å². The molecule has 0 saturated carbocycles. The molecule has 0 radical (unpaired) electrons. The summed E-state index contributed by atoms with van der Waals surface area (Å²) in [5, 5.41) is 0. The van der Waals surface area contributed by atoms with E-state index in [-0.39, 0.29) is 5.92 Å². The van der Waals surface area contributed by atoms with Gasteiger partial charge >= 0.3 is 18.0 Å². The molecule has 1 aromatic carbocycles. The molecule has 0 aliphatic carbocycles. The van der Waals surface area contributed by atoms with Gasteiger partial charge in [-0.05, 0) is 19.9 Å². The quantitative estimate of drug-likeness (QED) is 0.614. The number of cyclic esters (lactones) is 1. The number of benzene rings is 1. The summed E-state index contributed by atoms with van der Waals surface area (Å²) < 4.78 is 16.0. The Hall–Kier alpha value is -2.57. The lowest BCUT2D eigenvalue weighted by molar-refractivity contribution is -0.154. The van der Waals surface area contributed by atoms with Crippen molar-refractivity contribution in [3.8, 4) is 5.75 Å². The van der Waals surface area contributed by atoms with E-state index in [0.29, 0.717) is 11.3 Å². The van der Waals surface area contributed by atoms with Crippen LogP contribution in [0.15, 0.2) is 24.3 Å². The van der Waals surface area contributed by atoms with Gasteiger partial charge in [0.2, 0.25) is 0 Å². The van der Waals surface area contributed by atoms with Gasteiger partial charge in [0.15, 0.2) is 0 Å². The van der Waals surface area contributed by atoms with Gasteiger partial charge in [-0.2, -0.15) is 0 Å². The summed E-state index contributed by atoms with van der Waals surface area (Å²) in [7, 11) is 1.61. The number of amides is 1. The maximum Gasteiger partial charge on any atom is 0.410 e. The summed E-state index contributed by atoms with van der Waals surface area (Å²) in [5.74, 6) is -0.825. The number of ether oxygens (including phenoxy) is 3. The molecule has 4 atom stereocenters. The van der Waals surface area contributed by atoms with Gasteiger partial charge in [-0.25, -0.2) is 4.79 Å².